The highest BCUT2D eigenvalue weighted by atomic mass is 19.4. The molecule has 0 radical (unpaired) electrons. The fraction of sp³-hybridized carbons (Fsp3) is 0.500. The first kappa shape index (κ1) is 20.7. The summed E-state index contributed by atoms with van der Waals surface area (Å²) in [6.07, 6.45) is -6.95. The summed E-state index contributed by atoms with van der Waals surface area (Å²) in [7, 11) is 0. The van der Waals surface area contributed by atoms with Gasteiger partial charge < -0.3 is 20.1 Å². The number of alkyl halides is 5. The van der Waals surface area contributed by atoms with Crippen LogP contribution in [0.4, 0.5) is 32.4 Å². The average Bonchev–Trinajstić information content (AvgIpc) is 2.59. The normalized spacial score (nSPS) is 17.7. The Morgan fingerprint density at radius 3 is 2.63 bits per heavy atom. The monoisotopic (exact) mass is 396 g/mol. The van der Waals surface area contributed by atoms with E-state index in [1.807, 2.05) is 0 Å². The maximum Gasteiger partial charge on any atom is 0.420 e. The largest absolute Gasteiger partial charge is 0.487 e. The lowest BCUT2D eigenvalue weighted by Crippen LogP contribution is -2.44. The molecule has 1 aliphatic heterocycles. The second-order valence-corrected chi connectivity index (χ2v) is 5.96. The quantitative estimate of drug-likeness (QED) is 0.745. The third-order valence-corrected chi connectivity index (χ3v) is 3.96. The van der Waals surface area contributed by atoms with Crippen LogP contribution >= 0.6 is 0 Å². The van der Waals surface area contributed by atoms with Gasteiger partial charge in [0.25, 0.3) is 6.43 Å². The average molecular weight is 396 g/mol. The van der Waals surface area contributed by atoms with Crippen molar-refractivity contribution in [3.63, 3.8) is 0 Å². The van der Waals surface area contributed by atoms with E-state index in [2.05, 4.69) is 10.1 Å². The van der Waals surface area contributed by atoms with Crippen molar-refractivity contribution < 1.29 is 41.4 Å². The number of aliphatic carboxylic acids is 1. The van der Waals surface area contributed by atoms with Crippen LogP contribution in [0.5, 0.6) is 5.75 Å². The molecule has 1 fully saturated rings. The van der Waals surface area contributed by atoms with Crippen LogP contribution in [0, 0.1) is 5.92 Å². The number of carbonyl (C=O) groups is 2. The number of amides is 2. The zero-order valence-corrected chi connectivity index (χ0v) is 13.9. The van der Waals surface area contributed by atoms with E-state index in [9.17, 15) is 31.5 Å². The van der Waals surface area contributed by atoms with Crippen molar-refractivity contribution in [2.24, 2.45) is 5.92 Å². The lowest BCUT2D eigenvalue weighted by Gasteiger charge is -2.30. The van der Waals surface area contributed by atoms with Crippen molar-refractivity contribution >= 4 is 17.7 Å². The number of likely N-dealkylation sites (tertiary alicyclic amines) is 1. The van der Waals surface area contributed by atoms with Crippen molar-refractivity contribution in [1.82, 2.24) is 4.90 Å². The maximum absolute atomic E-state index is 13.1. The molecule has 11 heteroatoms. The molecule has 0 bridgehead atoms. The summed E-state index contributed by atoms with van der Waals surface area (Å²) in [5, 5.41) is 11.3. The second-order valence-electron chi connectivity index (χ2n) is 5.96. The molecule has 1 saturated heterocycles. The van der Waals surface area contributed by atoms with Gasteiger partial charge in [-0.1, -0.05) is 0 Å². The fourth-order valence-electron chi connectivity index (χ4n) is 2.67. The number of hydrogen-bond donors (Lipinski definition) is 2. The van der Waals surface area contributed by atoms with Gasteiger partial charge in [-0.15, -0.1) is 0 Å². The molecule has 2 rings (SSSR count). The Balaban J connectivity index is 2.13. The molecule has 0 aromatic heterocycles. The van der Waals surface area contributed by atoms with Crippen molar-refractivity contribution in [2.45, 2.75) is 25.4 Å². The fourth-order valence-corrected chi connectivity index (χ4v) is 2.67. The van der Waals surface area contributed by atoms with Crippen molar-refractivity contribution in [2.75, 3.05) is 25.0 Å². The number of nitrogens with zero attached hydrogens (tertiary/aromatic N) is 1. The highest BCUT2D eigenvalue weighted by Gasteiger charge is 2.35. The molecule has 1 aromatic rings. The van der Waals surface area contributed by atoms with Gasteiger partial charge in [-0.05, 0) is 31.0 Å². The number of benzene rings is 1. The molecular formula is C16H17F5N2O4. The molecule has 0 spiro atoms. The molecule has 2 N–H and O–H groups in total. The van der Waals surface area contributed by atoms with E-state index in [1.165, 1.54) is 4.90 Å². The molecule has 2 amide bonds. The first-order chi connectivity index (χ1) is 12.6. The van der Waals surface area contributed by atoms with E-state index in [0.717, 1.165) is 12.1 Å². The smallest absolute Gasteiger partial charge is 0.420 e. The third-order valence-electron chi connectivity index (χ3n) is 3.96. The van der Waals surface area contributed by atoms with Gasteiger partial charge >= 0.3 is 18.2 Å². The number of piperidine rings is 1. The highest BCUT2D eigenvalue weighted by molar-refractivity contribution is 5.90. The Morgan fingerprint density at radius 1 is 1.33 bits per heavy atom. The van der Waals surface area contributed by atoms with E-state index in [1.54, 1.807) is 0 Å². The Labute approximate surface area is 150 Å². The van der Waals surface area contributed by atoms with Crippen molar-refractivity contribution in [1.29, 1.82) is 0 Å². The van der Waals surface area contributed by atoms with Crippen LogP contribution < -0.4 is 10.1 Å². The topological polar surface area (TPSA) is 78.9 Å². The lowest BCUT2D eigenvalue weighted by molar-refractivity contribution is -0.143. The molecule has 0 aliphatic carbocycles. The number of hydrogen-bond acceptors (Lipinski definition) is 3. The van der Waals surface area contributed by atoms with E-state index in [0.29, 0.717) is 18.9 Å². The molecule has 1 aromatic carbocycles. The maximum atomic E-state index is 13.1. The minimum atomic E-state index is -4.88. The zero-order chi connectivity index (χ0) is 20.2. The molecule has 1 unspecified atom stereocenters. The van der Waals surface area contributed by atoms with Gasteiger partial charge in [0.2, 0.25) is 0 Å². The highest BCUT2D eigenvalue weighted by Crippen LogP contribution is 2.38. The molecule has 150 valence electrons. The van der Waals surface area contributed by atoms with Crippen molar-refractivity contribution in [3.05, 3.63) is 23.8 Å². The molecule has 1 aliphatic rings. The number of urea groups is 1. The summed E-state index contributed by atoms with van der Waals surface area (Å²) >= 11 is 0. The van der Waals surface area contributed by atoms with Crippen molar-refractivity contribution in [3.8, 4) is 5.75 Å². The van der Waals surface area contributed by atoms with Gasteiger partial charge in [0.1, 0.15) is 12.4 Å². The number of rotatable bonds is 5. The number of halogens is 5. The summed E-state index contributed by atoms with van der Waals surface area (Å²) in [4.78, 5) is 24.4. The Kier molecular flexibility index (Phi) is 6.45. The molecule has 0 saturated carbocycles. The SMILES string of the molecule is O=C(O)C1CCCN(C(=O)Nc2ccc(OCC(F)F)c(C(F)(F)F)c2)C1. The van der Waals surface area contributed by atoms with Crippen LogP contribution in [0.15, 0.2) is 18.2 Å². The molecule has 27 heavy (non-hydrogen) atoms. The van der Waals surface area contributed by atoms with Crippen LogP contribution in [0.25, 0.3) is 0 Å². The summed E-state index contributed by atoms with van der Waals surface area (Å²) in [5.74, 6) is -2.56. The minimum Gasteiger partial charge on any atom is -0.487 e. The van der Waals surface area contributed by atoms with Crippen LogP contribution in [0.1, 0.15) is 18.4 Å². The van der Waals surface area contributed by atoms with Gasteiger partial charge in [0.05, 0.1) is 11.5 Å². The van der Waals surface area contributed by atoms with E-state index >= 15 is 0 Å². The van der Waals surface area contributed by atoms with Gasteiger partial charge in [0.15, 0.2) is 0 Å². The Hall–Kier alpha value is -2.59. The Bertz CT molecular complexity index is 696. The number of carboxylic acids is 1. The minimum absolute atomic E-state index is 0.0527. The Morgan fingerprint density at radius 2 is 2.04 bits per heavy atom. The summed E-state index contributed by atoms with van der Waals surface area (Å²) < 4.78 is 68.2. The second kappa shape index (κ2) is 8.40. The summed E-state index contributed by atoms with van der Waals surface area (Å²) in [6, 6.07) is 1.77. The standard InChI is InChI=1S/C16H17F5N2O4/c17-13(18)8-27-12-4-3-10(6-11(12)16(19,20)21)22-15(26)23-5-1-2-9(7-23)14(24)25/h3-4,6,9,13H,1-2,5,7-8H2,(H,22,26)(H,24,25). The molecule has 1 atom stereocenters. The first-order valence-corrected chi connectivity index (χ1v) is 7.99. The number of anilines is 1. The lowest BCUT2D eigenvalue weighted by atomic mass is 9.99. The zero-order valence-electron chi connectivity index (χ0n) is 13.9. The molecule has 6 nitrogen and oxygen atoms in total. The number of carbonyl (C=O) groups excluding carboxylic acids is 1. The first-order valence-electron chi connectivity index (χ1n) is 7.99. The predicted octanol–water partition coefficient (Wildman–Crippen LogP) is 3.68. The molecule has 1 heterocycles. The van der Waals surface area contributed by atoms with Crippen LogP contribution in [0.2, 0.25) is 0 Å². The van der Waals surface area contributed by atoms with Gasteiger partial charge in [0, 0.05) is 18.8 Å². The van der Waals surface area contributed by atoms with Crippen LogP contribution in [0.3, 0.4) is 0 Å². The van der Waals surface area contributed by atoms with E-state index in [-0.39, 0.29) is 18.8 Å². The third kappa shape index (κ3) is 5.69. The number of nitrogens with one attached hydrogen (secondary N) is 1. The summed E-state index contributed by atoms with van der Waals surface area (Å²) in [5.41, 5.74) is -1.52. The van der Waals surface area contributed by atoms with E-state index in [4.69, 9.17) is 5.11 Å². The van der Waals surface area contributed by atoms with Gasteiger partial charge in [-0.25, -0.2) is 13.6 Å². The number of carboxylic acid groups (broad SMARTS) is 1. The number of ether oxygens (including phenoxy) is 1. The van der Waals surface area contributed by atoms with Crippen LogP contribution in [-0.2, 0) is 11.0 Å². The van der Waals surface area contributed by atoms with Gasteiger partial charge in [-0.2, -0.15) is 13.2 Å². The van der Waals surface area contributed by atoms with Crippen LogP contribution in [-0.4, -0.2) is 48.1 Å². The summed E-state index contributed by atoms with van der Waals surface area (Å²) in [6.45, 7) is -0.973. The predicted molar refractivity (Wildman–Crippen MR) is 83.9 cm³/mol. The van der Waals surface area contributed by atoms with E-state index < -0.39 is 48.4 Å². The van der Waals surface area contributed by atoms with Gasteiger partial charge in [-0.3, -0.25) is 4.79 Å². The molecular weight excluding hydrogens is 379 g/mol.